The summed E-state index contributed by atoms with van der Waals surface area (Å²) >= 11 is 0. The van der Waals surface area contributed by atoms with Gasteiger partial charge < -0.3 is 10.2 Å². The van der Waals surface area contributed by atoms with E-state index in [0.29, 0.717) is 13.1 Å². The van der Waals surface area contributed by atoms with E-state index in [1.54, 1.807) is 0 Å². The molecule has 0 aromatic heterocycles. The number of amides is 1. The zero-order valence-electron chi connectivity index (χ0n) is 11.8. The van der Waals surface area contributed by atoms with Crippen molar-refractivity contribution in [3.8, 4) is 0 Å². The van der Waals surface area contributed by atoms with E-state index in [4.69, 9.17) is 0 Å². The topological polar surface area (TPSA) is 32.3 Å². The highest BCUT2D eigenvalue weighted by Crippen LogP contribution is 2.30. The molecule has 1 aliphatic rings. The Morgan fingerprint density at radius 2 is 1.90 bits per heavy atom. The number of hydrogen-bond acceptors (Lipinski definition) is 2. The van der Waals surface area contributed by atoms with E-state index in [2.05, 4.69) is 37.4 Å². The van der Waals surface area contributed by atoms with Crippen LogP contribution in [0.1, 0.15) is 16.7 Å². The largest absolute Gasteiger partial charge is 0.374 e. The SMILES string of the molecule is Cc1ccc(CN2C(=O)CNc3ccccc32)cc1C. The Kier molecular flexibility index (Phi) is 3.18. The fourth-order valence-corrected chi connectivity index (χ4v) is 2.52. The summed E-state index contributed by atoms with van der Waals surface area (Å²) in [4.78, 5) is 14.0. The first-order valence-electron chi connectivity index (χ1n) is 6.84. The molecule has 3 rings (SSSR count). The van der Waals surface area contributed by atoms with Crippen LogP contribution in [-0.4, -0.2) is 12.5 Å². The van der Waals surface area contributed by atoms with Crippen LogP contribution in [0.15, 0.2) is 42.5 Å². The molecule has 2 aromatic rings. The van der Waals surface area contributed by atoms with Gasteiger partial charge in [-0.05, 0) is 42.7 Å². The van der Waals surface area contributed by atoms with Gasteiger partial charge in [0.05, 0.1) is 24.5 Å². The van der Waals surface area contributed by atoms with Gasteiger partial charge in [-0.2, -0.15) is 0 Å². The molecule has 1 N–H and O–H groups in total. The van der Waals surface area contributed by atoms with Crippen LogP contribution >= 0.6 is 0 Å². The summed E-state index contributed by atoms with van der Waals surface area (Å²) in [6, 6.07) is 14.3. The molecule has 20 heavy (non-hydrogen) atoms. The smallest absolute Gasteiger partial charge is 0.246 e. The summed E-state index contributed by atoms with van der Waals surface area (Å²) < 4.78 is 0. The third kappa shape index (κ3) is 2.27. The van der Waals surface area contributed by atoms with Crippen LogP contribution in [0.2, 0.25) is 0 Å². The molecule has 1 aliphatic heterocycles. The molecule has 0 unspecified atom stereocenters. The lowest BCUT2D eigenvalue weighted by Crippen LogP contribution is -2.39. The van der Waals surface area contributed by atoms with E-state index < -0.39 is 0 Å². The lowest BCUT2D eigenvalue weighted by molar-refractivity contribution is -0.117. The molecule has 0 spiro atoms. The molecular weight excluding hydrogens is 248 g/mol. The van der Waals surface area contributed by atoms with Crippen LogP contribution in [0.3, 0.4) is 0 Å². The molecule has 1 heterocycles. The van der Waals surface area contributed by atoms with E-state index in [1.807, 2.05) is 29.2 Å². The second kappa shape index (κ2) is 5.00. The van der Waals surface area contributed by atoms with Crippen molar-refractivity contribution >= 4 is 17.3 Å². The predicted octanol–water partition coefficient (Wildman–Crippen LogP) is 3.26. The van der Waals surface area contributed by atoms with E-state index in [0.717, 1.165) is 16.9 Å². The molecule has 102 valence electrons. The Labute approximate surface area is 119 Å². The number of carbonyl (C=O) groups is 1. The summed E-state index contributed by atoms with van der Waals surface area (Å²) in [7, 11) is 0. The zero-order valence-corrected chi connectivity index (χ0v) is 11.8. The van der Waals surface area contributed by atoms with E-state index in [9.17, 15) is 4.79 Å². The third-order valence-corrected chi connectivity index (χ3v) is 3.84. The number of hydrogen-bond donors (Lipinski definition) is 1. The van der Waals surface area contributed by atoms with Gasteiger partial charge in [0.1, 0.15) is 0 Å². The average Bonchev–Trinajstić information content (AvgIpc) is 2.46. The van der Waals surface area contributed by atoms with Gasteiger partial charge in [0, 0.05) is 0 Å². The first-order chi connectivity index (χ1) is 9.65. The molecule has 0 bridgehead atoms. The van der Waals surface area contributed by atoms with Gasteiger partial charge in [-0.1, -0.05) is 30.3 Å². The van der Waals surface area contributed by atoms with Crippen LogP contribution < -0.4 is 10.2 Å². The molecule has 0 aliphatic carbocycles. The summed E-state index contributed by atoms with van der Waals surface area (Å²) in [6.45, 7) is 5.19. The van der Waals surface area contributed by atoms with Gasteiger partial charge in [0.25, 0.3) is 0 Å². The van der Waals surface area contributed by atoms with Crippen molar-refractivity contribution < 1.29 is 4.79 Å². The summed E-state index contributed by atoms with van der Waals surface area (Å²) in [5.74, 6) is 0.113. The van der Waals surface area contributed by atoms with Crippen LogP contribution in [-0.2, 0) is 11.3 Å². The first-order valence-corrected chi connectivity index (χ1v) is 6.84. The Morgan fingerprint density at radius 1 is 1.10 bits per heavy atom. The number of fused-ring (bicyclic) bond motifs is 1. The number of nitrogens with one attached hydrogen (secondary N) is 1. The quantitative estimate of drug-likeness (QED) is 0.905. The maximum Gasteiger partial charge on any atom is 0.246 e. The average molecular weight is 266 g/mol. The Hall–Kier alpha value is -2.29. The number of carbonyl (C=O) groups excluding carboxylic acids is 1. The molecule has 1 amide bonds. The van der Waals surface area contributed by atoms with Crippen molar-refractivity contribution in [1.29, 1.82) is 0 Å². The predicted molar refractivity (Wildman–Crippen MR) is 82.0 cm³/mol. The Balaban J connectivity index is 1.93. The highest BCUT2D eigenvalue weighted by Gasteiger charge is 2.23. The number of nitrogens with zero attached hydrogens (tertiary/aromatic N) is 1. The lowest BCUT2D eigenvalue weighted by Gasteiger charge is -2.30. The minimum Gasteiger partial charge on any atom is -0.374 e. The van der Waals surface area contributed by atoms with E-state index >= 15 is 0 Å². The maximum absolute atomic E-state index is 12.2. The minimum absolute atomic E-state index is 0.113. The second-order valence-electron chi connectivity index (χ2n) is 5.27. The van der Waals surface area contributed by atoms with Crippen LogP contribution in [0.25, 0.3) is 0 Å². The number of para-hydroxylation sites is 2. The van der Waals surface area contributed by atoms with Crippen molar-refractivity contribution in [2.24, 2.45) is 0 Å². The van der Waals surface area contributed by atoms with Crippen molar-refractivity contribution in [3.05, 3.63) is 59.2 Å². The summed E-state index contributed by atoms with van der Waals surface area (Å²) in [6.07, 6.45) is 0. The van der Waals surface area contributed by atoms with Crippen LogP contribution in [0, 0.1) is 13.8 Å². The summed E-state index contributed by atoms with van der Waals surface area (Å²) in [5.41, 5.74) is 5.69. The maximum atomic E-state index is 12.2. The third-order valence-electron chi connectivity index (χ3n) is 3.84. The van der Waals surface area contributed by atoms with Gasteiger partial charge >= 0.3 is 0 Å². The Morgan fingerprint density at radius 3 is 2.70 bits per heavy atom. The number of anilines is 2. The molecule has 3 nitrogen and oxygen atoms in total. The molecule has 0 radical (unpaired) electrons. The lowest BCUT2D eigenvalue weighted by atomic mass is 10.1. The van der Waals surface area contributed by atoms with Gasteiger partial charge in [0.15, 0.2) is 0 Å². The molecule has 2 aromatic carbocycles. The Bertz CT molecular complexity index is 664. The van der Waals surface area contributed by atoms with Gasteiger partial charge in [-0.15, -0.1) is 0 Å². The van der Waals surface area contributed by atoms with Gasteiger partial charge in [-0.3, -0.25) is 4.79 Å². The van der Waals surface area contributed by atoms with Crippen LogP contribution in [0.5, 0.6) is 0 Å². The normalized spacial score (nSPS) is 13.9. The molecular formula is C17H18N2O. The monoisotopic (exact) mass is 266 g/mol. The van der Waals surface area contributed by atoms with Crippen LogP contribution in [0.4, 0.5) is 11.4 Å². The van der Waals surface area contributed by atoms with Crippen molar-refractivity contribution in [1.82, 2.24) is 0 Å². The highest BCUT2D eigenvalue weighted by molar-refractivity contribution is 6.02. The molecule has 0 saturated heterocycles. The molecule has 3 heteroatoms. The fraction of sp³-hybridized carbons (Fsp3) is 0.235. The zero-order chi connectivity index (χ0) is 14.1. The molecule has 0 atom stereocenters. The number of aryl methyl sites for hydroxylation is 2. The second-order valence-corrected chi connectivity index (χ2v) is 5.27. The molecule has 0 fully saturated rings. The van der Waals surface area contributed by atoms with Crippen molar-refractivity contribution in [3.63, 3.8) is 0 Å². The molecule has 0 saturated carbocycles. The van der Waals surface area contributed by atoms with Crippen molar-refractivity contribution in [2.75, 3.05) is 16.8 Å². The minimum atomic E-state index is 0.113. The fourth-order valence-electron chi connectivity index (χ4n) is 2.52. The highest BCUT2D eigenvalue weighted by atomic mass is 16.2. The number of rotatable bonds is 2. The van der Waals surface area contributed by atoms with E-state index in [-0.39, 0.29) is 5.91 Å². The van der Waals surface area contributed by atoms with Gasteiger partial charge in [0.2, 0.25) is 5.91 Å². The standard InChI is InChI=1S/C17H18N2O/c1-12-7-8-14(9-13(12)2)11-19-16-6-4-3-5-15(16)18-10-17(19)20/h3-9,18H,10-11H2,1-2H3. The number of benzene rings is 2. The summed E-state index contributed by atoms with van der Waals surface area (Å²) in [5, 5.41) is 3.16. The van der Waals surface area contributed by atoms with Crippen molar-refractivity contribution in [2.45, 2.75) is 20.4 Å². The van der Waals surface area contributed by atoms with Gasteiger partial charge in [-0.25, -0.2) is 0 Å². The van der Waals surface area contributed by atoms with E-state index in [1.165, 1.54) is 11.1 Å². The first kappa shape index (κ1) is 12.7.